The summed E-state index contributed by atoms with van der Waals surface area (Å²) in [6.07, 6.45) is 0. The van der Waals surface area contributed by atoms with Gasteiger partial charge in [0, 0.05) is 27.2 Å². The SMILES string of the molecule is CN(C)c1c(Cl)cccc1NC(=O)COC1(C)CNC1. The maximum atomic E-state index is 12.0. The largest absolute Gasteiger partial charge is 0.375 e. The van der Waals surface area contributed by atoms with E-state index in [-0.39, 0.29) is 18.1 Å². The highest BCUT2D eigenvalue weighted by Gasteiger charge is 2.33. The molecule has 0 spiro atoms. The maximum Gasteiger partial charge on any atom is 0.250 e. The van der Waals surface area contributed by atoms with E-state index in [1.54, 1.807) is 6.07 Å². The van der Waals surface area contributed by atoms with Crippen LogP contribution < -0.4 is 15.5 Å². The molecule has 110 valence electrons. The van der Waals surface area contributed by atoms with Crippen LogP contribution in [-0.2, 0) is 9.53 Å². The van der Waals surface area contributed by atoms with Crippen LogP contribution in [0, 0.1) is 0 Å². The van der Waals surface area contributed by atoms with E-state index in [0.29, 0.717) is 10.7 Å². The number of halogens is 1. The van der Waals surface area contributed by atoms with Crippen LogP contribution in [-0.4, -0.2) is 45.3 Å². The molecule has 1 aliphatic heterocycles. The lowest BCUT2D eigenvalue weighted by Gasteiger charge is -2.38. The Morgan fingerprint density at radius 2 is 2.20 bits per heavy atom. The number of anilines is 2. The van der Waals surface area contributed by atoms with Crippen LogP contribution in [0.3, 0.4) is 0 Å². The van der Waals surface area contributed by atoms with Gasteiger partial charge >= 0.3 is 0 Å². The van der Waals surface area contributed by atoms with Crippen LogP contribution in [0.25, 0.3) is 0 Å². The minimum absolute atomic E-state index is 0.0392. The lowest BCUT2D eigenvalue weighted by atomic mass is 10.0. The molecular formula is C14H20ClN3O2. The molecule has 1 aliphatic rings. The average molecular weight is 298 g/mol. The molecule has 0 saturated carbocycles. The van der Waals surface area contributed by atoms with E-state index in [1.807, 2.05) is 38.1 Å². The lowest BCUT2D eigenvalue weighted by Crippen LogP contribution is -2.59. The Bertz CT molecular complexity index is 501. The second-order valence-electron chi connectivity index (χ2n) is 5.42. The number of benzene rings is 1. The Morgan fingerprint density at radius 3 is 2.75 bits per heavy atom. The fourth-order valence-electron chi connectivity index (χ4n) is 2.08. The van der Waals surface area contributed by atoms with Gasteiger partial charge in [0.2, 0.25) is 5.91 Å². The van der Waals surface area contributed by atoms with E-state index in [4.69, 9.17) is 16.3 Å². The molecule has 0 aliphatic carbocycles. The van der Waals surface area contributed by atoms with E-state index in [2.05, 4.69) is 10.6 Å². The zero-order valence-corrected chi connectivity index (χ0v) is 12.8. The summed E-state index contributed by atoms with van der Waals surface area (Å²) < 4.78 is 5.61. The summed E-state index contributed by atoms with van der Waals surface area (Å²) in [6, 6.07) is 5.43. The van der Waals surface area contributed by atoms with E-state index in [1.165, 1.54) is 0 Å². The lowest BCUT2D eigenvalue weighted by molar-refractivity contribution is -0.130. The highest BCUT2D eigenvalue weighted by molar-refractivity contribution is 6.34. The van der Waals surface area contributed by atoms with Crippen molar-refractivity contribution < 1.29 is 9.53 Å². The molecule has 1 fully saturated rings. The summed E-state index contributed by atoms with van der Waals surface area (Å²) in [6.45, 7) is 3.58. The zero-order valence-electron chi connectivity index (χ0n) is 12.0. The molecule has 1 saturated heterocycles. The molecule has 0 radical (unpaired) electrons. The third kappa shape index (κ3) is 3.42. The standard InChI is InChI=1S/C14H20ClN3O2/c1-14(8-16-9-14)20-7-12(19)17-11-6-4-5-10(15)13(11)18(2)3/h4-6,16H,7-9H2,1-3H3,(H,17,19). The molecule has 20 heavy (non-hydrogen) atoms. The Hall–Kier alpha value is -1.30. The first-order chi connectivity index (χ1) is 9.41. The molecule has 0 bridgehead atoms. The van der Waals surface area contributed by atoms with Crippen molar-refractivity contribution in [1.82, 2.24) is 5.32 Å². The van der Waals surface area contributed by atoms with E-state index >= 15 is 0 Å². The minimum Gasteiger partial charge on any atom is -0.375 e. The summed E-state index contributed by atoms with van der Waals surface area (Å²) >= 11 is 6.16. The number of para-hydroxylation sites is 1. The molecule has 5 nitrogen and oxygen atoms in total. The monoisotopic (exact) mass is 297 g/mol. The number of rotatable bonds is 5. The fourth-order valence-corrected chi connectivity index (χ4v) is 2.42. The van der Waals surface area contributed by atoms with Crippen molar-refractivity contribution in [2.45, 2.75) is 12.5 Å². The third-order valence-corrected chi connectivity index (χ3v) is 3.56. The van der Waals surface area contributed by atoms with Gasteiger partial charge < -0.3 is 20.3 Å². The Labute approximate surface area is 124 Å². The molecule has 2 rings (SSSR count). The fraction of sp³-hybridized carbons (Fsp3) is 0.500. The molecule has 0 unspecified atom stereocenters. The van der Waals surface area contributed by atoms with Gasteiger partial charge in [-0.1, -0.05) is 17.7 Å². The van der Waals surface area contributed by atoms with Crippen LogP contribution in [0.4, 0.5) is 11.4 Å². The van der Waals surface area contributed by atoms with Crippen molar-refractivity contribution >= 4 is 28.9 Å². The number of ether oxygens (including phenoxy) is 1. The number of amides is 1. The van der Waals surface area contributed by atoms with Crippen molar-refractivity contribution in [3.63, 3.8) is 0 Å². The van der Waals surface area contributed by atoms with Gasteiger partial charge in [-0.2, -0.15) is 0 Å². The predicted molar refractivity (Wildman–Crippen MR) is 81.6 cm³/mol. The van der Waals surface area contributed by atoms with Crippen molar-refractivity contribution in [2.24, 2.45) is 0 Å². The van der Waals surface area contributed by atoms with E-state index < -0.39 is 0 Å². The van der Waals surface area contributed by atoms with Gasteiger partial charge in [-0.15, -0.1) is 0 Å². The smallest absolute Gasteiger partial charge is 0.250 e. The number of hydrogen-bond acceptors (Lipinski definition) is 4. The molecule has 0 aromatic heterocycles. The highest BCUT2D eigenvalue weighted by atomic mass is 35.5. The number of nitrogens with one attached hydrogen (secondary N) is 2. The van der Waals surface area contributed by atoms with Gasteiger partial charge in [-0.3, -0.25) is 4.79 Å². The predicted octanol–water partition coefficient (Wildman–Crippen LogP) is 1.72. The van der Waals surface area contributed by atoms with Crippen LogP contribution in [0.5, 0.6) is 0 Å². The molecular weight excluding hydrogens is 278 g/mol. The molecule has 0 atom stereocenters. The zero-order chi connectivity index (χ0) is 14.8. The van der Waals surface area contributed by atoms with E-state index in [9.17, 15) is 4.79 Å². The Morgan fingerprint density at radius 1 is 1.50 bits per heavy atom. The van der Waals surface area contributed by atoms with Gasteiger partial charge in [0.05, 0.1) is 22.0 Å². The minimum atomic E-state index is -0.226. The summed E-state index contributed by atoms with van der Waals surface area (Å²) in [5, 5.41) is 6.57. The molecule has 1 aromatic rings. The Balaban J connectivity index is 1.99. The molecule has 1 heterocycles. The van der Waals surface area contributed by atoms with Gasteiger partial charge in [-0.25, -0.2) is 0 Å². The first-order valence-electron chi connectivity index (χ1n) is 6.52. The first kappa shape index (κ1) is 15.1. The Kier molecular flexibility index (Phi) is 4.52. The average Bonchev–Trinajstić information content (AvgIpc) is 2.33. The third-order valence-electron chi connectivity index (χ3n) is 3.26. The van der Waals surface area contributed by atoms with Crippen molar-refractivity contribution in [2.75, 3.05) is 44.0 Å². The van der Waals surface area contributed by atoms with Gasteiger partial charge in [-0.05, 0) is 19.1 Å². The van der Waals surface area contributed by atoms with Crippen molar-refractivity contribution in [1.29, 1.82) is 0 Å². The second kappa shape index (κ2) is 5.99. The second-order valence-corrected chi connectivity index (χ2v) is 5.83. The normalized spacial score (nSPS) is 16.4. The van der Waals surface area contributed by atoms with Crippen LogP contribution in [0.1, 0.15) is 6.92 Å². The molecule has 1 aromatic carbocycles. The quantitative estimate of drug-likeness (QED) is 0.869. The van der Waals surface area contributed by atoms with E-state index in [0.717, 1.165) is 18.8 Å². The van der Waals surface area contributed by atoms with Gasteiger partial charge in [0.15, 0.2) is 0 Å². The summed E-state index contributed by atoms with van der Waals surface area (Å²) in [4.78, 5) is 13.8. The number of hydrogen-bond donors (Lipinski definition) is 2. The number of carbonyl (C=O) groups excluding carboxylic acids is 1. The number of carbonyl (C=O) groups is 1. The van der Waals surface area contributed by atoms with Gasteiger partial charge in [0.25, 0.3) is 0 Å². The maximum absolute atomic E-state index is 12.0. The summed E-state index contributed by atoms with van der Waals surface area (Å²) in [5.41, 5.74) is 1.25. The molecule has 6 heteroatoms. The molecule has 2 N–H and O–H groups in total. The summed E-state index contributed by atoms with van der Waals surface area (Å²) in [7, 11) is 3.77. The van der Waals surface area contributed by atoms with Crippen LogP contribution in [0.2, 0.25) is 5.02 Å². The first-order valence-corrected chi connectivity index (χ1v) is 6.89. The van der Waals surface area contributed by atoms with Crippen LogP contribution in [0.15, 0.2) is 18.2 Å². The van der Waals surface area contributed by atoms with Crippen molar-refractivity contribution in [3.8, 4) is 0 Å². The molecule has 1 amide bonds. The van der Waals surface area contributed by atoms with Crippen LogP contribution >= 0.6 is 11.6 Å². The van der Waals surface area contributed by atoms with Crippen molar-refractivity contribution in [3.05, 3.63) is 23.2 Å². The summed E-state index contributed by atoms with van der Waals surface area (Å²) in [5.74, 6) is -0.177. The highest BCUT2D eigenvalue weighted by Crippen LogP contribution is 2.32. The topological polar surface area (TPSA) is 53.6 Å². The van der Waals surface area contributed by atoms with Gasteiger partial charge in [0.1, 0.15) is 6.61 Å². The number of nitrogens with zero attached hydrogens (tertiary/aromatic N) is 1.